The van der Waals surface area contributed by atoms with E-state index in [4.69, 9.17) is 9.47 Å². The highest BCUT2D eigenvalue weighted by Gasteiger charge is 2.15. The van der Waals surface area contributed by atoms with E-state index in [1.54, 1.807) is 32.4 Å². The summed E-state index contributed by atoms with van der Waals surface area (Å²) in [7, 11) is 5.16. The van der Waals surface area contributed by atoms with Crippen LogP contribution in [0.2, 0.25) is 0 Å². The molecular weight excluding hydrogens is 342 g/mol. The molecular formula is C21H29N3O3. The minimum absolute atomic E-state index is 0.213. The topological polar surface area (TPSA) is 66.3 Å². The molecule has 1 unspecified atom stereocenters. The molecule has 0 aliphatic heterocycles. The highest BCUT2D eigenvalue weighted by Crippen LogP contribution is 2.29. The summed E-state index contributed by atoms with van der Waals surface area (Å²) in [4.78, 5) is 6.64. The number of nitrogens with zero attached hydrogens (tertiary/aromatic N) is 2. The van der Waals surface area contributed by atoms with Crippen molar-refractivity contribution in [3.63, 3.8) is 0 Å². The zero-order chi connectivity index (χ0) is 19.6. The molecule has 0 saturated carbocycles. The van der Waals surface area contributed by atoms with Crippen LogP contribution in [0.4, 0.5) is 0 Å². The first-order valence-corrected chi connectivity index (χ1v) is 9.02. The lowest BCUT2D eigenvalue weighted by Gasteiger charge is -2.23. The summed E-state index contributed by atoms with van der Waals surface area (Å²) in [5, 5.41) is 13.9. The molecule has 6 nitrogen and oxygen atoms in total. The Labute approximate surface area is 161 Å². The molecule has 0 heterocycles. The Morgan fingerprint density at radius 3 is 2.52 bits per heavy atom. The minimum Gasteiger partial charge on any atom is -0.497 e. The summed E-state index contributed by atoms with van der Waals surface area (Å²) in [5.74, 6) is 2.02. The van der Waals surface area contributed by atoms with Crippen LogP contribution in [0.5, 0.6) is 11.5 Å². The van der Waals surface area contributed by atoms with Crippen LogP contribution >= 0.6 is 0 Å². The van der Waals surface area contributed by atoms with Crippen LogP contribution in [-0.2, 0) is 6.54 Å². The quantitative estimate of drug-likeness (QED) is 0.552. The Kier molecular flexibility index (Phi) is 7.95. The second-order valence-electron chi connectivity index (χ2n) is 6.16. The van der Waals surface area contributed by atoms with Crippen molar-refractivity contribution >= 4 is 5.96 Å². The maximum Gasteiger partial charge on any atom is 0.194 e. The summed E-state index contributed by atoms with van der Waals surface area (Å²) >= 11 is 0. The van der Waals surface area contributed by atoms with E-state index < -0.39 is 6.10 Å². The zero-order valence-corrected chi connectivity index (χ0v) is 16.5. The third-order valence-electron chi connectivity index (χ3n) is 4.17. The predicted molar refractivity (Wildman–Crippen MR) is 108 cm³/mol. The number of benzene rings is 2. The SMILES string of the molecule is CCNC(=NCC(O)c1cc(OC)ccc1OC)N(C)Cc1ccccc1. The van der Waals surface area contributed by atoms with Crippen LogP contribution in [0.1, 0.15) is 24.2 Å². The van der Waals surface area contributed by atoms with Crippen molar-refractivity contribution in [2.75, 3.05) is 34.4 Å². The minimum atomic E-state index is -0.797. The first-order chi connectivity index (χ1) is 13.1. The fourth-order valence-corrected chi connectivity index (χ4v) is 2.77. The van der Waals surface area contributed by atoms with E-state index >= 15 is 0 Å². The van der Waals surface area contributed by atoms with Crippen molar-refractivity contribution < 1.29 is 14.6 Å². The van der Waals surface area contributed by atoms with E-state index in [1.807, 2.05) is 37.1 Å². The first-order valence-electron chi connectivity index (χ1n) is 9.02. The maximum absolute atomic E-state index is 10.7. The Morgan fingerprint density at radius 1 is 1.15 bits per heavy atom. The number of aliphatic hydroxyl groups excluding tert-OH is 1. The van der Waals surface area contributed by atoms with Crippen molar-refractivity contribution in [1.82, 2.24) is 10.2 Å². The molecule has 0 spiro atoms. The number of methoxy groups -OCH3 is 2. The van der Waals surface area contributed by atoms with Gasteiger partial charge in [-0.1, -0.05) is 30.3 Å². The third-order valence-corrected chi connectivity index (χ3v) is 4.17. The first kappa shape index (κ1) is 20.6. The molecule has 6 heteroatoms. The summed E-state index contributed by atoms with van der Waals surface area (Å²) in [6, 6.07) is 15.6. The van der Waals surface area contributed by atoms with Gasteiger partial charge in [0, 0.05) is 25.7 Å². The van der Waals surface area contributed by atoms with Crippen LogP contribution < -0.4 is 14.8 Å². The number of aliphatic imine (C=N–C) groups is 1. The Bertz CT molecular complexity index is 735. The average molecular weight is 371 g/mol. The maximum atomic E-state index is 10.7. The highest BCUT2D eigenvalue weighted by molar-refractivity contribution is 5.79. The standard InChI is InChI=1S/C21H29N3O3/c1-5-22-21(24(2)15-16-9-7-6-8-10-16)23-14-19(25)18-13-17(26-3)11-12-20(18)27-4/h6-13,19,25H,5,14-15H2,1-4H3,(H,22,23). The Balaban J connectivity index is 2.13. The molecule has 146 valence electrons. The summed E-state index contributed by atoms with van der Waals surface area (Å²) in [6.07, 6.45) is -0.797. The molecule has 0 aliphatic rings. The number of ether oxygens (including phenoxy) is 2. The van der Waals surface area contributed by atoms with Crippen LogP contribution in [0, 0.1) is 0 Å². The average Bonchev–Trinajstić information content (AvgIpc) is 2.70. The Hall–Kier alpha value is -2.73. The monoisotopic (exact) mass is 371 g/mol. The lowest BCUT2D eigenvalue weighted by atomic mass is 10.1. The Morgan fingerprint density at radius 2 is 1.89 bits per heavy atom. The van der Waals surface area contributed by atoms with Gasteiger partial charge in [-0.25, -0.2) is 0 Å². The fourth-order valence-electron chi connectivity index (χ4n) is 2.77. The number of hydrogen-bond acceptors (Lipinski definition) is 4. The van der Waals surface area contributed by atoms with E-state index in [1.165, 1.54) is 5.56 Å². The smallest absolute Gasteiger partial charge is 0.194 e. The van der Waals surface area contributed by atoms with Gasteiger partial charge in [-0.3, -0.25) is 4.99 Å². The lowest BCUT2D eigenvalue weighted by molar-refractivity contribution is 0.181. The molecule has 2 N–H and O–H groups in total. The summed E-state index contributed by atoms with van der Waals surface area (Å²) in [6.45, 7) is 3.71. The van der Waals surface area contributed by atoms with E-state index in [2.05, 4.69) is 22.4 Å². The van der Waals surface area contributed by atoms with Gasteiger partial charge >= 0.3 is 0 Å². The normalized spacial score (nSPS) is 12.4. The van der Waals surface area contributed by atoms with Crippen LogP contribution in [0.15, 0.2) is 53.5 Å². The van der Waals surface area contributed by atoms with Gasteiger partial charge in [0.1, 0.15) is 17.6 Å². The second-order valence-corrected chi connectivity index (χ2v) is 6.16. The van der Waals surface area contributed by atoms with Crippen molar-refractivity contribution in [1.29, 1.82) is 0 Å². The van der Waals surface area contributed by atoms with Crippen LogP contribution in [0.25, 0.3) is 0 Å². The number of rotatable bonds is 8. The van der Waals surface area contributed by atoms with Gasteiger partial charge in [-0.2, -0.15) is 0 Å². The van der Waals surface area contributed by atoms with Gasteiger partial charge < -0.3 is 24.8 Å². The fraction of sp³-hybridized carbons (Fsp3) is 0.381. The van der Waals surface area contributed by atoms with Crippen LogP contribution in [-0.4, -0.2) is 50.3 Å². The molecule has 2 rings (SSSR count). The van der Waals surface area contributed by atoms with Gasteiger partial charge in [0.25, 0.3) is 0 Å². The number of hydrogen-bond donors (Lipinski definition) is 2. The van der Waals surface area contributed by atoms with Gasteiger partial charge in [-0.05, 0) is 30.7 Å². The van der Waals surface area contributed by atoms with E-state index in [0.29, 0.717) is 17.1 Å². The molecule has 1 atom stereocenters. The van der Waals surface area contributed by atoms with E-state index in [0.717, 1.165) is 19.0 Å². The van der Waals surface area contributed by atoms with E-state index in [-0.39, 0.29) is 6.54 Å². The molecule has 0 fully saturated rings. The number of nitrogens with one attached hydrogen (secondary N) is 1. The molecule has 0 saturated heterocycles. The van der Waals surface area contributed by atoms with Crippen molar-refractivity contribution in [3.8, 4) is 11.5 Å². The molecule has 0 aromatic heterocycles. The molecule has 0 aliphatic carbocycles. The van der Waals surface area contributed by atoms with Crippen molar-refractivity contribution in [3.05, 3.63) is 59.7 Å². The third kappa shape index (κ3) is 5.89. The highest BCUT2D eigenvalue weighted by atomic mass is 16.5. The number of guanidine groups is 1. The predicted octanol–water partition coefficient (Wildman–Crippen LogP) is 2.83. The molecule has 0 radical (unpaired) electrons. The molecule has 2 aromatic carbocycles. The molecule has 27 heavy (non-hydrogen) atoms. The van der Waals surface area contributed by atoms with Crippen molar-refractivity contribution in [2.24, 2.45) is 4.99 Å². The van der Waals surface area contributed by atoms with Gasteiger partial charge in [-0.15, -0.1) is 0 Å². The van der Waals surface area contributed by atoms with Gasteiger partial charge in [0.05, 0.1) is 20.8 Å². The van der Waals surface area contributed by atoms with Gasteiger partial charge in [0.2, 0.25) is 0 Å². The zero-order valence-electron chi connectivity index (χ0n) is 16.5. The van der Waals surface area contributed by atoms with Gasteiger partial charge in [0.15, 0.2) is 5.96 Å². The summed E-state index contributed by atoms with van der Waals surface area (Å²) < 4.78 is 10.6. The molecule has 0 amide bonds. The molecule has 2 aromatic rings. The number of aliphatic hydroxyl groups is 1. The van der Waals surface area contributed by atoms with Crippen LogP contribution in [0.3, 0.4) is 0 Å². The van der Waals surface area contributed by atoms with E-state index in [9.17, 15) is 5.11 Å². The summed E-state index contributed by atoms with van der Waals surface area (Å²) in [5.41, 5.74) is 1.85. The largest absolute Gasteiger partial charge is 0.497 e. The molecule has 0 bridgehead atoms. The second kappa shape index (κ2) is 10.4. The lowest BCUT2D eigenvalue weighted by Crippen LogP contribution is -2.38. The van der Waals surface area contributed by atoms with Crippen molar-refractivity contribution in [2.45, 2.75) is 19.6 Å².